The monoisotopic (exact) mass is 373 g/mol. The minimum Gasteiger partial charge on any atom is -0.336 e. The number of nitrogens with zero attached hydrogens (tertiary/aromatic N) is 3. The van der Waals surface area contributed by atoms with Crippen molar-refractivity contribution in [2.45, 2.75) is 18.9 Å². The molecule has 1 unspecified atom stereocenters. The summed E-state index contributed by atoms with van der Waals surface area (Å²) in [5.74, 6) is 1.56. The Balaban J connectivity index is 1.41. The molecule has 1 aromatic rings. The van der Waals surface area contributed by atoms with Crippen molar-refractivity contribution in [3.8, 4) is 0 Å². The van der Waals surface area contributed by atoms with E-state index >= 15 is 0 Å². The summed E-state index contributed by atoms with van der Waals surface area (Å²) in [5.41, 5.74) is 0.835. The summed E-state index contributed by atoms with van der Waals surface area (Å²) in [5, 5.41) is 5.97. The van der Waals surface area contributed by atoms with Gasteiger partial charge in [-0.15, -0.1) is 0 Å². The van der Waals surface area contributed by atoms with E-state index in [0.29, 0.717) is 6.04 Å². The molecule has 2 N–H and O–H groups in total. The standard InChI is InChI=1S/C21H35N5O/c1-24(2)11-12-25(3)15-18-16-26-10-9-17(18)13-20(26)14-22-21(27)23-19-7-5-4-6-8-19/h4-8,17-18,20H,9-16H2,1-3H3,(H2,22,23,27)/t17-,18+,20+/m0/s1. The van der Waals surface area contributed by atoms with Crippen LogP contribution in [0.4, 0.5) is 10.5 Å². The van der Waals surface area contributed by atoms with E-state index in [0.717, 1.165) is 37.2 Å². The van der Waals surface area contributed by atoms with Gasteiger partial charge < -0.3 is 20.4 Å². The number of benzene rings is 1. The number of hydrogen-bond acceptors (Lipinski definition) is 4. The van der Waals surface area contributed by atoms with Crippen LogP contribution in [0.25, 0.3) is 0 Å². The molecule has 3 heterocycles. The highest BCUT2D eigenvalue weighted by atomic mass is 16.2. The van der Waals surface area contributed by atoms with Crippen molar-refractivity contribution >= 4 is 11.7 Å². The highest BCUT2D eigenvalue weighted by molar-refractivity contribution is 5.89. The molecule has 27 heavy (non-hydrogen) atoms. The number of urea groups is 1. The Labute approximate surface area is 163 Å². The number of para-hydroxylation sites is 1. The first-order valence-electron chi connectivity index (χ1n) is 10.2. The van der Waals surface area contributed by atoms with Crippen LogP contribution in [0.15, 0.2) is 30.3 Å². The van der Waals surface area contributed by atoms with Gasteiger partial charge in [-0.05, 0) is 64.5 Å². The first-order valence-corrected chi connectivity index (χ1v) is 10.2. The fourth-order valence-corrected chi connectivity index (χ4v) is 4.44. The Bertz CT molecular complexity index is 593. The third-order valence-corrected chi connectivity index (χ3v) is 6.02. The van der Waals surface area contributed by atoms with Crippen molar-refractivity contribution in [2.24, 2.45) is 11.8 Å². The van der Waals surface area contributed by atoms with Crippen molar-refractivity contribution < 1.29 is 4.79 Å². The van der Waals surface area contributed by atoms with E-state index in [1.54, 1.807) is 0 Å². The van der Waals surface area contributed by atoms with Gasteiger partial charge >= 0.3 is 6.03 Å². The molecule has 0 aliphatic carbocycles. The number of hydrogen-bond donors (Lipinski definition) is 2. The molecule has 4 rings (SSSR count). The molecule has 3 aliphatic rings. The Morgan fingerprint density at radius 2 is 1.96 bits per heavy atom. The summed E-state index contributed by atoms with van der Waals surface area (Å²) >= 11 is 0. The average molecular weight is 374 g/mol. The average Bonchev–Trinajstić information content (AvgIpc) is 2.66. The van der Waals surface area contributed by atoms with Gasteiger partial charge in [-0.2, -0.15) is 0 Å². The zero-order chi connectivity index (χ0) is 19.2. The molecular weight excluding hydrogens is 338 g/mol. The molecule has 0 radical (unpaired) electrons. The number of likely N-dealkylation sites (N-methyl/N-ethyl adjacent to an activating group) is 2. The van der Waals surface area contributed by atoms with E-state index in [4.69, 9.17) is 0 Å². The van der Waals surface area contributed by atoms with Crippen LogP contribution in [0.5, 0.6) is 0 Å². The Morgan fingerprint density at radius 3 is 2.63 bits per heavy atom. The predicted octanol–water partition coefficient (Wildman–Crippen LogP) is 2.01. The Kier molecular flexibility index (Phi) is 7.10. The number of carbonyl (C=O) groups excluding carboxylic acids is 1. The van der Waals surface area contributed by atoms with Crippen LogP contribution in [0.3, 0.4) is 0 Å². The van der Waals surface area contributed by atoms with E-state index in [-0.39, 0.29) is 6.03 Å². The number of carbonyl (C=O) groups is 1. The molecule has 3 aliphatic heterocycles. The highest BCUT2D eigenvalue weighted by Crippen LogP contribution is 2.36. The fourth-order valence-electron chi connectivity index (χ4n) is 4.44. The second-order valence-electron chi connectivity index (χ2n) is 8.46. The third kappa shape index (κ3) is 5.92. The molecule has 2 amide bonds. The maximum atomic E-state index is 12.1. The summed E-state index contributed by atoms with van der Waals surface area (Å²) in [7, 11) is 6.51. The minimum absolute atomic E-state index is 0.108. The van der Waals surface area contributed by atoms with Crippen molar-refractivity contribution in [1.29, 1.82) is 0 Å². The van der Waals surface area contributed by atoms with Crippen LogP contribution >= 0.6 is 0 Å². The van der Waals surface area contributed by atoms with Gasteiger partial charge in [0.25, 0.3) is 0 Å². The van der Waals surface area contributed by atoms with Gasteiger partial charge in [-0.3, -0.25) is 4.90 Å². The van der Waals surface area contributed by atoms with Crippen LogP contribution in [-0.2, 0) is 0 Å². The molecule has 0 spiro atoms. The summed E-state index contributed by atoms with van der Waals surface area (Å²) in [4.78, 5) is 19.5. The molecule has 1 aromatic carbocycles. The lowest BCUT2D eigenvalue weighted by Gasteiger charge is -2.50. The van der Waals surface area contributed by atoms with Crippen LogP contribution in [-0.4, -0.2) is 87.2 Å². The largest absolute Gasteiger partial charge is 0.336 e. The first kappa shape index (κ1) is 20.1. The van der Waals surface area contributed by atoms with Crippen LogP contribution in [0.2, 0.25) is 0 Å². The molecule has 3 saturated heterocycles. The lowest BCUT2D eigenvalue weighted by Crippen LogP contribution is -2.58. The summed E-state index contributed by atoms with van der Waals surface area (Å²) in [6.07, 6.45) is 2.51. The highest BCUT2D eigenvalue weighted by Gasteiger charge is 2.40. The van der Waals surface area contributed by atoms with Crippen LogP contribution in [0.1, 0.15) is 12.8 Å². The van der Waals surface area contributed by atoms with Gasteiger partial charge in [0.05, 0.1) is 0 Å². The SMILES string of the molecule is CN(C)CCN(C)C[C@@H]1CN2CC[C@H]1C[C@@H]2CNC(=O)Nc1ccccc1. The second-order valence-corrected chi connectivity index (χ2v) is 8.46. The molecule has 0 aromatic heterocycles. The molecule has 0 saturated carbocycles. The maximum absolute atomic E-state index is 12.1. The minimum atomic E-state index is -0.108. The van der Waals surface area contributed by atoms with Crippen molar-refractivity contribution in [3.63, 3.8) is 0 Å². The molecule has 6 heteroatoms. The molecule has 2 bridgehead atoms. The van der Waals surface area contributed by atoms with Gasteiger partial charge in [0.15, 0.2) is 0 Å². The number of nitrogens with one attached hydrogen (secondary N) is 2. The Hall–Kier alpha value is -1.63. The van der Waals surface area contributed by atoms with E-state index in [2.05, 4.69) is 46.5 Å². The number of amides is 2. The number of fused-ring (bicyclic) bond motifs is 3. The second kappa shape index (κ2) is 9.53. The normalized spacial score (nSPS) is 27.1. The number of anilines is 1. The van der Waals surface area contributed by atoms with Gasteiger partial charge in [-0.25, -0.2) is 4.79 Å². The van der Waals surface area contributed by atoms with Gasteiger partial charge in [0.2, 0.25) is 0 Å². The van der Waals surface area contributed by atoms with Crippen LogP contribution < -0.4 is 10.6 Å². The molecule has 4 atom stereocenters. The molecule has 3 fully saturated rings. The first-order chi connectivity index (χ1) is 13.0. The predicted molar refractivity (Wildman–Crippen MR) is 111 cm³/mol. The summed E-state index contributed by atoms with van der Waals surface area (Å²) in [6, 6.07) is 9.99. The van der Waals surface area contributed by atoms with Crippen LogP contribution in [0, 0.1) is 11.8 Å². The van der Waals surface area contributed by atoms with E-state index in [9.17, 15) is 4.79 Å². The smallest absolute Gasteiger partial charge is 0.319 e. The van der Waals surface area contributed by atoms with E-state index in [1.165, 1.54) is 32.5 Å². The topological polar surface area (TPSA) is 50.9 Å². The zero-order valence-electron chi connectivity index (χ0n) is 17.0. The van der Waals surface area contributed by atoms with E-state index < -0.39 is 0 Å². The lowest BCUT2D eigenvalue weighted by molar-refractivity contribution is -0.00849. The van der Waals surface area contributed by atoms with Gasteiger partial charge in [0.1, 0.15) is 0 Å². The van der Waals surface area contributed by atoms with E-state index in [1.807, 2.05) is 30.3 Å². The van der Waals surface area contributed by atoms with Gasteiger partial charge in [0, 0.05) is 44.5 Å². The molecule has 150 valence electrons. The summed E-state index contributed by atoms with van der Waals surface area (Å²) in [6.45, 7) is 6.50. The zero-order valence-corrected chi connectivity index (χ0v) is 17.0. The lowest BCUT2D eigenvalue weighted by atomic mass is 9.75. The molecular formula is C21H35N5O. The number of piperidine rings is 3. The van der Waals surface area contributed by atoms with Crippen molar-refractivity contribution in [3.05, 3.63) is 30.3 Å². The van der Waals surface area contributed by atoms with Gasteiger partial charge in [-0.1, -0.05) is 18.2 Å². The number of rotatable bonds is 8. The van der Waals surface area contributed by atoms with Crippen molar-refractivity contribution in [2.75, 3.05) is 65.7 Å². The van der Waals surface area contributed by atoms with Crippen molar-refractivity contribution in [1.82, 2.24) is 20.0 Å². The maximum Gasteiger partial charge on any atom is 0.319 e. The molecule has 6 nitrogen and oxygen atoms in total. The Morgan fingerprint density at radius 1 is 1.19 bits per heavy atom. The third-order valence-electron chi connectivity index (χ3n) is 6.02. The fraction of sp³-hybridized carbons (Fsp3) is 0.667. The summed E-state index contributed by atoms with van der Waals surface area (Å²) < 4.78 is 0. The quantitative estimate of drug-likeness (QED) is 0.732.